The first-order valence-corrected chi connectivity index (χ1v) is 7.86. The molecule has 0 aromatic heterocycles. The molecule has 1 unspecified atom stereocenters. The molecule has 110 valence electrons. The van der Waals surface area contributed by atoms with Crippen molar-refractivity contribution in [1.29, 1.82) is 0 Å². The van der Waals surface area contributed by atoms with E-state index in [0.717, 1.165) is 24.4 Å². The van der Waals surface area contributed by atoms with E-state index >= 15 is 0 Å². The zero-order valence-corrected chi connectivity index (χ0v) is 13.0. The second kappa shape index (κ2) is 7.26. The van der Waals surface area contributed by atoms with Crippen molar-refractivity contribution >= 4 is 11.6 Å². The van der Waals surface area contributed by atoms with E-state index in [2.05, 4.69) is 30.4 Å². The molecular formula is C17H25ClN2. The Morgan fingerprint density at radius 1 is 1.30 bits per heavy atom. The number of allylic oxidation sites excluding steroid dienone is 1. The van der Waals surface area contributed by atoms with Gasteiger partial charge in [-0.3, -0.25) is 0 Å². The molecule has 1 aromatic rings. The fourth-order valence-electron chi connectivity index (χ4n) is 2.75. The summed E-state index contributed by atoms with van der Waals surface area (Å²) in [5, 5.41) is 4.42. The van der Waals surface area contributed by atoms with Gasteiger partial charge in [0.2, 0.25) is 0 Å². The fraction of sp³-hybridized carbons (Fsp3) is 0.529. The molecule has 0 aliphatic heterocycles. The molecule has 0 bridgehead atoms. The van der Waals surface area contributed by atoms with Crippen LogP contribution in [0, 0.1) is 0 Å². The van der Waals surface area contributed by atoms with Crippen LogP contribution in [0.25, 0.3) is 0 Å². The number of benzene rings is 1. The molecular weight excluding hydrogens is 268 g/mol. The molecule has 1 aromatic carbocycles. The summed E-state index contributed by atoms with van der Waals surface area (Å²) in [4.78, 5) is 0. The molecule has 0 fully saturated rings. The normalized spacial score (nSPS) is 17.9. The van der Waals surface area contributed by atoms with E-state index in [1.54, 1.807) is 5.57 Å². The summed E-state index contributed by atoms with van der Waals surface area (Å²) in [5.74, 6) is 0. The highest BCUT2D eigenvalue weighted by Crippen LogP contribution is 2.21. The van der Waals surface area contributed by atoms with Crippen molar-refractivity contribution in [1.82, 2.24) is 5.32 Å². The smallest absolute Gasteiger partial charge is 0.0406 e. The predicted octanol–water partition coefficient (Wildman–Crippen LogP) is 3.69. The average molecular weight is 293 g/mol. The summed E-state index contributed by atoms with van der Waals surface area (Å²) in [6.07, 6.45) is 8.33. The topological polar surface area (TPSA) is 38.0 Å². The maximum atomic E-state index is 5.98. The highest BCUT2D eigenvalue weighted by Gasteiger charge is 2.22. The summed E-state index contributed by atoms with van der Waals surface area (Å²) < 4.78 is 0. The van der Waals surface area contributed by atoms with Crippen molar-refractivity contribution in [2.45, 2.75) is 44.6 Å². The Morgan fingerprint density at radius 3 is 2.65 bits per heavy atom. The lowest BCUT2D eigenvalue weighted by Crippen LogP contribution is -2.50. The first-order chi connectivity index (χ1) is 9.61. The molecule has 0 radical (unpaired) electrons. The minimum absolute atomic E-state index is 0.0486. The van der Waals surface area contributed by atoms with E-state index in [0.29, 0.717) is 6.54 Å². The molecule has 20 heavy (non-hydrogen) atoms. The Hall–Kier alpha value is -0.830. The van der Waals surface area contributed by atoms with Gasteiger partial charge in [0.25, 0.3) is 0 Å². The van der Waals surface area contributed by atoms with Gasteiger partial charge in [-0.25, -0.2) is 0 Å². The van der Waals surface area contributed by atoms with Crippen LogP contribution in [-0.2, 0) is 6.42 Å². The minimum Gasteiger partial charge on any atom is -0.329 e. The number of halogens is 1. The van der Waals surface area contributed by atoms with Gasteiger partial charge >= 0.3 is 0 Å². The number of nitrogens with one attached hydrogen (secondary N) is 1. The van der Waals surface area contributed by atoms with E-state index in [9.17, 15) is 0 Å². The molecule has 1 aliphatic rings. The lowest BCUT2D eigenvalue weighted by atomic mass is 9.92. The molecule has 3 heteroatoms. The maximum Gasteiger partial charge on any atom is 0.0406 e. The van der Waals surface area contributed by atoms with E-state index in [-0.39, 0.29) is 5.54 Å². The van der Waals surface area contributed by atoms with E-state index < -0.39 is 0 Å². The lowest BCUT2D eigenvalue weighted by Gasteiger charge is -2.30. The van der Waals surface area contributed by atoms with Crippen LogP contribution in [0.5, 0.6) is 0 Å². The van der Waals surface area contributed by atoms with E-state index in [1.165, 1.54) is 24.8 Å². The second-order valence-electron chi connectivity index (χ2n) is 6.00. The molecule has 2 nitrogen and oxygen atoms in total. The van der Waals surface area contributed by atoms with Gasteiger partial charge in [0.15, 0.2) is 0 Å². The van der Waals surface area contributed by atoms with Crippen LogP contribution in [0.1, 0.15) is 38.2 Å². The van der Waals surface area contributed by atoms with Gasteiger partial charge in [-0.2, -0.15) is 0 Å². The predicted molar refractivity (Wildman–Crippen MR) is 87.2 cm³/mol. The Balaban J connectivity index is 1.85. The van der Waals surface area contributed by atoms with E-state index in [1.807, 2.05) is 12.1 Å². The van der Waals surface area contributed by atoms with Crippen LogP contribution in [0.2, 0.25) is 5.02 Å². The summed E-state index contributed by atoms with van der Waals surface area (Å²) in [5.41, 5.74) is 8.80. The average Bonchev–Trinajstić information content (AvgIpc) is 2.95. The van der Waals surface area contributed by atoms with Gasteiger partial charge in [0.05, 0.1) is 0 Å². The molecule has 0 spiro atoms. The van der Waals surface area contributed by atoms with Gasteiger partial charge < -0.3 is 11.1 Å². The summed E-state index contributed by atoms with van der Waals surface area (Å²) in [6, 6.07) is 8.04. The van der Waals surface area contributed by atoms with Crippen LogP contribution in [-0.4, -0.2) is 18.6 Å². The van der Waals surface area contributed by atoms with Crippen LogP contribution < -0.4 is 11.1 Å². The van der Waals surface area contributed by atoms with Gasteiger partial charge in [-0.1, -0.05) is 35.4 Å². The SMILES string of the molecule is CC(CN)(Cc1ccc(Cl)cc1)NCCC1=CCCC1. The molecule has 0 saturated carbocycles. The third-order valence-electron chi connectivity index (χ3n) is 4.09. The van der Waals surface area contributed by atoms with Crippen LogP contribution in [0.3, 0.4) is 0 Å². The zero-order chi connectivity index (χ0) is 14.4. The fourth-order valence-corrected chi connectivity index (χ4v) is 2.87. The Morgan fingerprint density at radius 2 is 2.05 bits per heavy atom. The Bertz CT molecular complexity index is 453. The Labute approximate surface area is 127 Å². The molecule has 1 atom stereocenters. The van der Waals surface area contributed by atoms with Gasteiger partial charge in [0.1, 0.15) is 0 Å². The van der Waals surface area contributed by atoms with Crippen molar-refractivity contribution in [2.75, 3.05) is 13.1 Å². The molecule has 3 N–H and O–H groups in total. The van der Waals surface area contributed by atoms with Crippen molar-refractivity contribution in [3.05, 3.63) is 46.5 Å². The third kappa shape index (κ3) is 4.62. The van der Waals surface area contributed by atoms with Crippen LogP contribution in [0.15, 0.2) is 35.9 Å². The minimum atomic E-state index is -0.0486. The number of hydrogen-bond acceptors (Lipinski definition) is 2. The summed E-state index contributed by atoms with van der Waals surface area (Å²) >= 11 is 5.93. The number of rotatable bonds is 7. The summed E-state index contributed by atoms with van der Waals surface area (Å²) in [6.45, 7) is 3.84. The van der Waals surface area contributed by atoms with Crippen LogP contribution in [0.4, 0.5) is 0 Å². The quantitative estimate of drug-likeness (QED) is 0.752. The standard InChI is InChI=1S/C17H25ClN2/c1-17(13-19,12-15-6-8-16(18)9-7-15)20-11-10-14-4-2-3-5-14/h4,6-9,20H,2-3,5,10-13,19H2,1H3. The molecule has 1 aliphatic carbocycles. The van der Waals surface area contributed by atoms with Crippen molar-refractivity contribution in [3.63, 3.8) is 0 Å². The van der Waals surface area contributed by atoms with Crippen LogP contribution >= 0.6 is 11.6 Å². The molecule has 0 heterocycles. The maximum absolute atomic E-state index is 5.98. The first-order valence-electron chi connectivity index (χ1n) is 7.49. The van der Waals surface area contributed by atoms with E-state index in [4.69, 9.17) is 17.3 Å². The summed E-state index contributed by atoms with van der Waals surface area (Å²) in [7, 11) is 0. The van der Waals surface area contributed by atoms with Gasteiger partial charge in [-0.05, 0) is 63.3 Å². The molecule has 0 saturated heterocycles. The van der Waals surface area contributed by atoms with Gasteiger partial charge in [0, 0.05) is 17.1 Å². The second-order valence-corrected chi connectivity index (χ2v) is 6.44. The third-order valence-corrected chi connectivity index (χ3v) is 4.34. The monoisotopic (exact) mass is 292 g/mol. The van der Waals surface area contributed by atoms with Crippen molar-refractivity contribution in [3.8, 4) is 0 Å². The van der Waals surface area contributed by atoms with Gasteiger partial charge in [-0.15, -0.1) is 0 Å². The first kappa shape index (κ1) is 15.6. The highest BCUT2D eigenvalue weighted by molar-refractivity contribution is 6.30. The largest absolute Gasteiger partial charge is 0.329 e. The Kier molecular flexibility index (Phi) is 5.64. The highest BCUT2D eigenvalue weighted by atomic mass is 35.5. The van der Waals surface area contributed by atoms with Crippen molar-refractivity contribution in [2.24, 2.45) is 5.73 Å². The molecule has 0 amide bonds. The number of nitrogens with two attached hydrogens (primary N) is 1. The molecule has 2 rings (SSSR count). The number of hydrogen-bond donors (Lipinski definition) is 2. The zero-order valence-electron chi connectivity index (χ0n) is 12.3. The lowest BCUT2D eigenvalue weighted by molar-refractivity contribution is 0.363. The van der Waals surface area contributed by atoms with Crippen molar-refractivity contribution < 1.29 is 0 Å².